The minimum atomic E-state index is -1.65. The second-order valence-corrected chi connectivity index (χ2v) is 4.93. The molecule has 0 amide bonds. The number of aromatic hydroxyl groups is 4. The van der Waals surface area contributed by atoms with Crippen LogP contribution in [0.4, 0.5) is 0 Å². The molecule has 7 nitrogen and oxygen atoms in total. The van der Waals surface area contributed by atoms with E-state index >= 15 is 0 Å². The summed E-state index contributed by atoms with van der Waals surface area (Å²) in [5.74, 6) is -2.26. The summed E-state index contributed by atoms with van der Waals surface area (Å²) in [6, 6.07) is 5.71. The number of aliphatic hydroxyl groups excluding tert-OH is 1. The fourth-order valence-corrected chi connectivity index (χ4v) is 2.42. The maximum Gasteiger partial charge on any atom is 0.202 e. The molecule has 0 radical (unpaired) electrons. The lowest BCUT2D eigenvalue weighted by Crippen LogP contribution is -2.36. The number of rotatable bonds is 1. The zero-order valence-electron chi connectivity index (χ0n) is 11.1. The van der Waals surface area contributed by atoms with Gasteiger partial charge >= 0.3 is 0 Å². The van der Waals surface area contributed by atoms with E-state index in [0.29, 0.717) is 0 Å². The van der Waals surface area contributed by atoms with E-state index in [0.717, 1.165) is 18.2 Å². The van der Waals surface area contributed by atoms with E-state index in [1.54, 1.807) is 0 Å². The Morgan fingerprint density at radius 2 is 1.59 bits per heavy atom. The van der Waals surface area contributed by atoms with Crippen LogP contribution in [-0.4, -0.2) is 37.4 Å². The molecule has 5 N–H and O–H groups in total. The largest absolute Gasteiger partial charge is 0.508 e. The third kappa shape index (κ3) is 2.08. The molecule has 0 aliphatic carbocycles. The van der Waals surface area contributed by atoms with Crippen LogP contribution < -0.4 is 4.74 Å². The molecule has 1 aliphatic heterocycles. The minimum Gasteiger partial charge on any atom is -0.508 e. The number of benzene rings is 2. The van der Waals surface area contributed by atoms with Crippen LogP contribution in [0, 0.1) is 0 Å². The molecule has 2 aromatic carbocycles. The second-order valence-electron chi connectivity index (χ2n) is 4.93. The topological polar surface area (TPSA) is 127 Å². The van der Waals surface area contributed by atoms with Crippen LogP contribution in [0.25, 0.3) is 0 Å². The first-order chi connectivity index (χ1) is 10.4. The van der Waals surface area contributed by atoms with Crippen molar-refractivity contribution in [3.63, 3.8) is 0 Å². The van der Waals surface area contributed by atoms with Crippen LogP contribution in [-0.2, 0) is 0 Å². The number of hydrogen-bond acceptors (Lipinski definition) is 7. The van der Waals surface area contributed by atoms with E-state index in [2.05, 4.69) is 0 Å². The van der Waals surface area contributed by atoms with Gasteiger partial charge in [0, 0.05) is 23.8 Å². The number of fused-ring (bicyclic) bond motifs is 1. The van der Waals surface area contributed by atoms with Crippen LogP contribution in [0.5, 0.6) is 28.7 Å². The molecular formula is C15H12O7. The highest BCUT2D eigenvalue weighted by molar-refractivity contribution is 6.05. The summed E-state index contributed by atoms with van der Waals surface area (Å²) in [5.41, 5.74) is -0.146. The number of phenols is 4. The molecule has 0 unspecified atom stereocenters. The van der Waals surface area contributed by atoms with Crippen molar-refractivity contribution in [2.24, 2.45) is 0 Å². The summed E-state index contributed by atoms with van der Waals surface area (Å²) >= 11 is 0. The Kier molecular flexibility index (Phi) is 3.07. The van der Waals surface area contributed by atoms with E-state index in [-0.39, 0.29) is 34.1 Å². The first-order valence-corrected chi connectivity index (χ1v) is 6.35. The van der Waals surface area contributed by atoms with Crippen molar-refractivity contribution in [1.29, 1.82) is 0 Å². The Hall–Kier alpha value is -2.93. The number of carbonyl (C=O) groups is 1. The van der Waals surface area contributed by atoms with Crippen LogP contribution in [0.2, 0.25) is 0 Å². The average molecular weight is 304 g/mol. The van der Waals surface area contributed by atoms with E-state index in [9.17, 15) is 30.3 Å². The Balaban J connectivity index is 2.11. The summed E-state index contributed by atoms with van der Waals surface area (Å²) in [6.45, 7) is 0. The maximum absolute atomic E-state index is 12.2. The number of aliphatic hydroxyl groups is 1. The number of phenolic OH excluding ortho intramolecular Hbond substituents is 4. The molecule has 1 heterocycles. The van der Waals surface area contributed by atoms with Crippen LogP contribution in [0.3, 0.4) is 0 Å². The van der Waals surface area contributed by atoms with Crippen molar-refractivity contribution in [3.8, 4) is 28.7 Å². The summed E-state index contributed by atoms with van der Waals surface area (Å²) in [7, 11) is 0. The van der Waals surface area contributed by atoms with Gasteiger partial charge in [-0.05, 0) is 12.1 Å². The molecule has 0 bridgehead atoms. The highest BCUT2D eigenvalue weighted by Gasteiger charge is 2.40. The number of hydrogen-bond donors (Lipinski definition) is 5. The third-order valence-electron chi connectivity index (χ3n) is 3.44. The molecule has 0 spiro atoms. The van der Waals surface area contributed by atoms with Gasteiger partial charge in [-0.25, -0.2) is 0 Å². The maximum atomic E-state index is 12.2. The van der Waals surface area contributed by atoms with Crippen molar-refractivity contribution < 1.29 is 35.1 Å². The zero-order chi connectivity index (χ0) is 16.0. The van der Waals surface area contributed by atoms with Crippen LogP contribution in [0.15, 0.2) is 30.3 Å². The van der Waals surface area contributed by atoms with E-state index in [1.807, 2.05) is 0 Å². The summed E-state index contributed by atoms with van der Waals surface area (Å²) in [6.07, 6.45) is -2.89. The minimum absolute atomic E-state index is 0.0899. The molecule has 0 fully saturated rings. The second kappa shape index (κ2) is 4.81. The number of ketones is 1. The Morgan fingerprint density at radius 1 is 0.909 bits per heavy atom. The number of carbonyl (C=O) groups excluding carboxylic acids is 1. The predicted molar refractivity (Wildman–Crippen MR) is 73.2 cm³/mol. The molecule has 7 heteroatoms. The van der Waals surface area contributed by atoms with Gasteiger partial charge in [-0.1, -0.05) is 0 Å². The lowest BCUT2D eigenvalue weighted by atomic mass is 9.92. The van der Waals surface area contributed by atoms with E-state index in [4.69, 9.17) is 4.74 Å². The van der Waals surface area contributed by atoms with Crippen molar-refractivity contribution in [2.75, 3.05) is 0 Å². The fraction of sp³-hybridized carbons (Fsp3) is 0.133. The monoisotopic (exact) mass is 304 g/mol. The van der Waals surface area contributed by atoms with Crippen molar-refractivity contribution in [1.82, 2.24) is 0 Å². The highest BCUT2D eigenvalue weighted by Crippen LogP contribution is 2.43. The van der Waals surface area contributed by atoms with Gasteiger partial charge in [0.1, 0.15) is 34.3 Å². The lowest BCUT2D eigenvalue weighted by molar-refractivity contribution is 0.0203. The quantitative estimate of drug-likeness (QED) is 0.535. The third-order valence-corrected chi connectivity index (χ3v) is 3.44. The van der Waals surface area contributed by atoms with Crippen molar-refractivity contribution >= 4 is 5.78 Å². The molecule has 114 valence electrons. The predicted octanol–water partition coefficient (Wildman–Crippen LogP) is 1.19. The lowest BCUT2D eigenvalue weighted by Gasteiger charge is -2.30. The number of ether oxygens (including phenoxy) is 1. The highest BCUT2D eigenvalue weighted by atomic mass is 16.5. The first-order valence-electron chi connectivity index (χ1n) is 6.35. The molecule has 2 atom stereocenters. The standard InChI is InChI=1S/C15H12O7/c16-6-1-2-8(9(18)3-6)15-14(21)13(20)12-10(19)4-7(17)5-11(12)22-15/h1-5,14-19,21H/t14-,15+/m0/s1. The average Bonchev–Trinajstić information content (AvgIpc) is 2.42. The van der Waals surface area contributed by atoms with Crippen LogP contribution in [0.1, 0.15) is 22.0 Å². The van der Waals surface area contributed by atoms with Gasteiger partial charge in [0.2, 0.25) is 5.78 Å². The SMILES string of the molecule is O=C1c2c(O)cc(O)cc2O[C@H](c2ccc(O)cc2O)[C@H]1O. The van der Waals surface area contributed by atoms with E-state index in [1.165, 1.54) is 12.1 Å². The molecule has 0 saturated carbocycles. The molecule has 0 saturated heterocycles. The Bertz CT molecular complexity index is 769. The zero-order valence-corrected chi connectivity index (χ0v) is 11.1. The molecule has 22 heavy (non-hydrogen) atoms. The summed E-state index contributed by atoms with van der Waals surface area (Å²) in [4.78, 5) is 12.2. The van der Waals surface area contributed by atoms with Gasteiger partial charge in [0.25, 0.3) is 0 Å². The van der Waals surface area contributed by atoms with Gasteiger partial charge in [-0.2, -0.15) is 0 Å². The van der Waals surface area contributed by atoms with Gasteiger partial charge in [0.05, 0.1) is 0 Å². The van der Waals surface area contributed by atoms with Crippen LogP contribution >= 0.6 is 0 Å². The molecule has 0 aromatic heterocycles. The summed E-state index contributed by atoms with van der Waals surface area (Å²) < 4.78 is 5.45. The first kappa shape index (κ1) is 14.0. The number of Topliss-reactive ketones (excluding diaryl/α,β-unsaturated/α-hetero) is 1. The molecule has 2 aromatic rings. The van der Waals surface area contributed by atoms with Gasteiger partial charge in [0.15, 0.2) is 12.2 Å². The van der Waals surface area contributed by atoms with E-state index < -0.39 is 23.7 Å². The van der Waals surface area contributed by atoms with Crippen molar-refractivity contribution in [2.45, 2.75) is 12.2 Å². The molecule has 3 rings (SSSR count). The van der Waals surface area contributed by atoms with Gasteiger partial charge in [-0.15, -0.1) is 0 Å². The Morgan fingerprint density at radius 3 is 2.27 bits per heavy atom. The molecular weight excluding hydrogens is 292 g/mol. The smallest absolute Gasteiger partial charge is 0.202 e. The van der Waals surface area contributed by atoms with Crippen molar-refractivity contribution in [3.05, 3.63) is 41.5 Å². The normalized spacial score (nSPS) is 20.3. The fourth-order valence-electron chi connectivity index (χ4n) is 2.42. The van der Waals surface area contributed by atoms with Gasteiger partial charge < -0.3 is 30.3 Å². The van der Waals surface area contributed by atoms with Gasteiger partial charge in [-0.3, -0.25) is 4.79 Å². The Labute approximate surface area is 124 Å². The summed E-state index contributed by atoms with van der Waals surface area (Å²) in [5, 5.41) is 48.4. The molecule has 1 aliphatic rings.